The van der Waals surface area contributed by atoms with Gasteiger partial charge in [0, 0.05) is 0 Å². The Kier molecular flexibility index (Phi) is 5.87. The second-order valence-electron chi connectivity index (χ2n) is 5.79. The maximum absolute atomic E-state index is 14.0. The van der Waals surface area contributed by atoms with Gasteiger partial charge in [-0.1, -0.05) is 18.7 Å². The van der Waals surface area contributed by atoms with Crippen molar-refractivity contribution in [3.63, 3.8) is 0 Å². The summed E-state index contributed by atoms with van der Waals surface area (Å²) in [5.74, 6) is -11.2. The molecular formula is C16H10F7N5OS. The SMILES string of the molecule is CCC(Sc1ncnc2nc[nH]c12)C(=O)Nc1c(F)c(F)c(C(F)(F)F)c(F)c1F. The van der Waals surface area contributed by atoms with Crippen molar-refractivity contribution < 1.29 is 35.5 Å². The first-order chi connectivity index (χ1) is 14.1. The van der Waals surface area contributed by atoms with Crippen molar-refractivity contribution in [3.8, 4) is 0 Å². The molecule has 1 amide bonds. The molecule has 3 rings (SSSR count). The number of anilines is 1. The van der Waals surface area contributed by atoms with Gasteiger partial charge in [-0.05, 0) is 6.42 Å². The number of hydrogen-bond donors (Lipinski definition) is 2. The highest BCUT2D eigenvalue weighted by atomic mass is 32.2. The van der Waals surface area contributed by atoms with Crippen LogP contribution < -0.4 is 5.32 Å². The van der Waals surface area contributed by atoms with E-state index in [9.17, 15) is 35.5 Å². The number of nitrogens with zero attached hydrogens (tertiary/aromatic N) is 3. The number of aromatic amines is 1. The number of amides is 1. The summed E-state index contributed by atoms with van der Waals surface area (Å²) in [6, 6.07) is 0. The minimum atomic E-state index is -5.68. The Labute approximate surface area is 167 Å². The molecule has 0 aliphatic heterocycles. The molecule has 2 heterocycles. The largest absolute Gasteiger partial charge is 0.422 e. The summed E-state index contributed by atoms with van der Waals surface area (Å²) in [4.78, 5) is 26.9. The van der Waals surface area contributed by atoms with Gasteiger partial charge in [-0.2, -0.15) is 13.2 Å². The maximum Gasteiger partial charge on any atom is 0.422 e. The summed E-state index contributed by atoms with van der Waals surface area (Å²) >= 11 is 0.831. The monoisotopic (exact) mass is 453 g/mol. The lowest BCUT2D eigenvalue weighted by atomic mass is 10.1. The van der Waals surface area contributed by atoms with Gasteiger partial charge in [0.25, 0.3) is 0 Å². The molecule has 2 aromatic heterocycles. The highest BCUT2D eigenvalue weighted by molar-refractivity contribution is 8.00. The van der Waals surface area contributed by atoms with E-state index in [2.05, 4.69) is 19.9 Å². The van der Waals surface area contributed by atoms with Gasteiger partial charge in [-0.3, -0.25) is 4.79 Å². The molecule has 0 aliphatic rings. The summed E-state index contributed by atoms with van der Waals surface area (Å²) in [5, 5.41) is 0.810. The number of H-pyrrole nitrogens is 1. The molecule has 160 valence electrons. The van der Waals surface area contributed by atoms with Crippen molar-refractivity contribution in [2.45, 2.75) is 29.8 Å². The van der Waals surface area contributed by atoms with E-state index in [-0.39, 0.29) is 17.1 Å². The van der Waals surface area contributed by atoms with Crippen molar-refractivity contribution in [2.24, 2.45) is 0 Å². The van der Waals surface area contributed by atoms with Gasteiger partial charge < -0.3 is 10.3 Å². The van der Waals surface area contributed by atoms with Crippen LogP contribution in [-0.2, 0) is 11.0 Å². The van der Waals surface area contributed by atoms with E-state index in [0.717, 1.165) is 18.1 Å². The first kappa shape index (κ1) is 21.8. The van der Waals surface area contributed by atoms with Gasteiger partial charge >= 0.3 is 6.18 Å². The van der Waals surface area contributed by atoms with E-state index < -0.39 is 51.9 Å². The zero-order chi connectivity index (χ0) is 22.2. The fourth-order valence-corrected chi connectivity index (χ4v) is 3.46. The van der Waals surface area contributed by atoms with Crippen LogP contribution in [0.4, 0.5) is 36.4 Å². The number of aromatic nitrogens is 4. The van der Waals surface area contributed by atoms with Gasteiger partial charge in [0.2, 0.25) is 5.91 Å². The van der Waals surface area contributed by atoms with Crippen LogP contribution in [0.5, 0.6) is 0 Å². The van der Waals surface area contributed by atoms with E-state index in [1.165, 1.54) is 13.3 Å². The fourth-order valence-electron chi connectivity index (χ4n) is 2.48. The van der Waals surface area contributed by atoms with E-state index >= 15 is 0 Å². The van der Waals surface area contributed by atoms with Gasteiger partial charge in [0.15, 0.2) is 28.9 Å². The Bertz CT molecular complexity index is 1090. The Morgan fingerprint density at radius 3 is 2.30 bits per heavy atom. The number of carbonyl (C=O) groups excluding carboxylic acids is 1. The van der Waals surface area contributed by atoms with E-state index in [4.69, 9.17) is 0 Å². The molecular weight excluding hydrogens is 443 g/mol. The topological polar surface area (TPSA) is 83.6 Å². The average molecular weight is 453 g/mol. The second-order valence-corrected chi connectivity index (χ2v) is 6.98. The molecule has 0 bridgehead atoms. The number of hydrogen-bond acceptors (Lipinski definition) is 5. The smallest absolute Gasteiger partial charge is 0.341 e. The zero-order valence-corrected chi connectivity index (χ0v) is 15.6. The van der Waals surface area contributed by atoms with Crippen LogP contribution in [0.1, 0.15) is 18.9 Å². The highest BCUT2D eigenvalue weighted by Crippen LogP contribution is 2.39. The lowest BCUT2D eigenvalue weighted by Gasteiger charge is -2.17. The molecule has 6 nitrogen and oxygen atoms in total. The number of fused-ring (bicyclic) bond motifs is 1. The third-order valence-electron chi connectivity index (χ3n) is 3.90. The van der Waals surface area contributed by atoms with Crippen molar-refractivity contribution in [1.82, 2.24) is 19.9 Å². The molecule has 0 aliphatic carbocycles. The average Bonchev–Trinajstić information content (AvgIpc) is 3.16. The molecule has 0 saturated heterocycles. The van der Waals surface area contributed by atoms with Crippen LogP contribution in [-0.4, -0.2) is 31.1 Å². The highest BCUT2D eigenvalue weighted by Gasteiger charge is 2.42. The molecule has 1 unspecified atom stereocenters. The Morgan fingerprint density at radius 2 is 1.73 bits per heavy atom. The normalized spacial score (nSPS) is 12.9. The van der Waals surface area contributed by atoms with Gasteiger partial charge in [0.05, 0.1) is 11.6 Å². The van der Waals surface area contributed by atoms with Gasteiger partial charge in [0.1, 0.15) is 28.1 Å². The number of thioether (sulfide) groups is 1. The Hall–Kier alpha value is -2.90. The van der Waals surface area contributed by atoms with Crippen LogP contribution in [0.3, 0.4) is 0 Å². The van der Waals surface area contributed by atoms with Crippen molar-refractivity contribution in [2.75, 3.05) is 5.32 Å². The molecule has 0 saturated carbocycles. The summed E-state index contributed by atoms with van der Waals surface area (Å²) in [6.07, 6.45) is -3.12. The van der Waals surface area contributed by atoms with Crippen LogP contribution >= 0.6 is 11.8 Å². The van der Waals surface area contributed by atoms with E-state index in [1.54, 1.807) is 5.32 Å². The molecule has 1 atom stereocenters. The summed E-state index contributed by atoms with van der Waals surface area (Å²) in [6.45, 7) is 1.53. The maximum atomic E-state index is 14.0. The first-order valence-corrected chi connectivity index (χ1v) is 8.98. The fraction of sp³-hybridized carbons (Fsp3) is 0.250. The molecule has 0 radical (unpaired) electrons. The third kappa shape index (κ3) is 3.91. The Morgan fingerprint density at radius 1 is 1.10 bits per heavy atom. The number of benzene rings is 1. The summed E-state index contributed by atoms with van der Waals surface area (Å²) in [5.41, 5.74) is -3.72. The quantitative estimate of drug-likeness (QED) is 0.258. The minimum absolute atomic E-state index is 0.0744. The number of nitrogens with one attached hydrogen (secondary N) is 2. The number of imidazole rings is 1. The molecule has 3 aromatic rings. The third-order valence-corrected chi connectivity index (χ3v) is 5.27. The van der Waals surface area contributed by atoms with Crippen LogP contribution in [0, 0.1) is 23.3 Å². The summed E-state index contributed by atoms with van der Waals surface area (Å²) < 4.78 is 93.5. The standard InChI is InChI=1S/C16H10F7N5OS/c1-2-5(30-15-12-13(25-3-24-12)26-4-27-15)14(29)28-11-9(19)7(17)6(16(21,22)23)8(18)10(11)20/h3-5H,2H2,1H3,(H,28,29)(H,24,25,26,27). The van der Waals surface area contributed by atoms with Gasteiger partial charge in [-0.25, -0.2) is 32.5 Å². The number of alkyl halides is 3. The molecule has 30 heavy (non-hydrogen) atoms. The number of carbonyl (C=O) groups is 1. The van der Waals surface area contributed by atoms with E-state index in [0.29, 0.717) is 5.52 Å². The van der Waals surface area contributed by atoms with Crippen molar-refractivity contribution >= 4 is 34.5 Å². The molecule has 1 aromatic carbocycles. The lowest BCUT2D eigenvalue weighted by Crippen LogP contribution is -2.27. The Balaban J connectivity index is 1.92. The van der Waals surface area contributed by atoms with Crippen molar-refractivity contribution in [1.29, 1.82) is 0 Å². The second kappa shape index (κ2) is 8.08. The predicted molar refractivity (Wildman–Crippen MR) is 91.5 cm³/mol. The van der Waals surface area contributed by atoms with Crippen LogP contribution in [0.25, 0.3) is 11.2 Å². The first-order valence-electron chi connectivity index (χ1n) is 8.10. The van der Waals surface area contributed by atoms with Crippen LogP contribution in [0.15, 0.2) is 17.7 Å². The lowest BCUT2D eigenvalue weighted by molar-refractivity contribution is -0.143. The van der Waals surface area contributed by atoms with E-state index in [1.807, 2.05) is 0 Å². The predicted octanol–water partition coefficient (Wildman–Crippen LogP) is 4.44. The molecule has 14 heteroatoms. The number of halogens is 7. The van der Waals surface area contributed by atoms with Gasteiger partial charge in [-0.15, -0.1) is 0 Å². The molecule has 0 fully saturated rings. The molecule has 0 spiro atoms. The van der Waals surface area contributed by atoms with Crippen LogP contribution in [0.2, 0.25) is 0 Å². The zero-order valence-electron chi connectivity index (χ0n) is 14.7. The minimum Gasteiger partial charge on any atom is -0.341 e. The van der Waals surface area contributed by atoms with Crippen molar-refractivity contribution in [3.05, 3.63) is 41.5 Å². The number of rotatable bonds is 5. The summed E-state index contributed by atoms with van der Waals surface area (Å²) in [7, 11) is 0. The molecule has 2 N–H and O–H groups in total.